The highest BCUT2D eigenvalue weighted by Gasteiger charge is 2.35. The van der Waals surface area contributed by atoms with Gasteiger partial charge in [-0.2, -0.15) is 0 Å². The fourth-order valence-electron chi connectivity index (χ4n) is 4.54. The minimum absolute atomic E-state index is 0.0228. The summed E-state index contributed by atoms with van der Waals surface area (Å²) in [6.45, 7) is 5.19. The number of pyridine rings is 1. The van der Waals surface area contributed by atoms with E-state index in [0.29, 0.717) is 6.61 Å². The Hall–Kier alpha value is -3.66. The van der Waals surface area contributed by atoms with E-state index in [4.69, 9.17) is 23.7 Å². The predicted octanol–water partition coefficient (Wildman–Crippen LogP) is 3.33. The second-order valence-electron chi connectivity index (χ2n) is 9.20. The summed E-state index contributed by atoms with van der Waals surface area (Å²) < 4.78 is 27.4. The molecule has 0 unspecified atom stereocenters. The molecular formula is C28H36N2O8. The maximum Gasteiger partial charge on any atom is 0.331 e. The van der Waals surface area contributed by atoms with E-state index in [-0.39, 0.29) is 35.6 Å². The van der Waals surface area contributed by atoms with Crippen LogP contribution in [0.4, 0.5) is 0 Å². The monoisotopic (exact) mass is 528 g/mol. The van der Waals surface area contributed by atoms with Crippen molar-refractivity contribution < 1.29 is 38.1 Å². The minimum atomic E-state index is -1.06. The third-order valence-corrected chi connectivity index (χ3v) is 6.46. The maximum atomic E-state index is 13.2. The fourth-order valence-corrected chi connectivity index (χ4v) is 4.54. The van der Waals surface area contributed by atoms with Gasteiger partial charge in [0.25, 0.3) is 5.91 Å². The number of aromatic nitrogens is 1. The number of amides is 1. The van der Waals surface area contributed by atoms with Crippen LogP contribution in [0.1, 0.15) is 49.7 Å². The summed E-state index contributed by atoms with van der Waals surface area (Å²) in [4.78, 5) is 41.6. The first-order valence-electron chi connectivity index (χ1n) is 12.8. The molecule has 1 aromatic carbocycles. The van der Waals surface area contributed by atoms with E-state index < -0.39 is 36.8 Å². The van der Waals surface area contributed by atoms with Crippen LogP contribution < -0.4 is 14.8 Å². The number of esters is 2. The molecule has 4 atom stereocenters. The molecule has 0 bridgehead atoms. The topological polar surface area (TPSA) is 122 Å². The van der Waals surface area contributed by atoms with Crippen LogP contribution in [0.25, 0.3) is 0 Å². The molecule has 1 fully saturated rings. The van der Waals surface area contributed by atoms with Gasteiger partial charge >= 0.3 is 11.9 Å². The van der Waals surface area contributed by atoms with Crippen molar-refractivity contribution in [1.82, 2.24) is 10.3 Å². The van der Waals surface area contributed by atoms with Gasteiger partial charge in [-0.25, -0.2) is 9.78 Å². The van der Waals surface area contributed by atoms with Crippen molar-refractivity contribution >= 4 is 17.8 Å². The van der Waals surface area contributed by atoms with Gasteiger partial charge in [-0.15, -0.1) is 0 Å². The van der Waals surface area contributed by atoms with Gasteiger partial charge in [0, 0.05) is 31.7 Å². The SMILES string of the molecule is CCC[C@H]1COC[C@H](NC(=O)c2nccc(OC)c2OCOC(C)=O)C(=O)O[C@@H](C)[C@@H]1Cc1ccccc1. The molecule has 0 saturated carbocycles. The highest BCUT2D eigenvalue weighted by Crippen LogP contribution is 2.31. The summed E-state index contributed by atoms with van der Waals surface area (Å²) in [6.07, 6.45) is 3.62. The smallest absolute Gasteiger partial charge is 0.331 e. The molecule has 1 aliphatic heterocycles. The van der Waals surface area contributed by atoms with E-state index >= 15 is 0 Å². The maximum absolute atomic E-state index is 13.2. The molecule has 10 heteroatoms. The summed E-state index contributed by atoms with van der Waals surface area (Å²) in [5.41, 5.74) is 1.03. The molecule has 206 valence electrons. The summed E-state index contributed by atoms with van der Waals surface area (Å²) in [6, 6.07) is 10.5. The summed E-state index contributed by atoms with van der Waals surface area (Å²) in [5.74, 6) is -1.41. The van der Waals surface area contributed by atoms with E-state index in [1.54, 1.807) is 0 Å². The Kier molecular flexibility index (Phi) is 10.9. The normalized spacial score (nSPS) is 21.7. The predicted molar refractivity (Wildman–Crippen MR) is 138 cm³/mol. The number of hydrogen-bond acceptors (Lipinski definition) is 9. The Bertz CT molecular complexity index is 1080. The van der Waals surface area contributed by atoms with Crippen molar-refractivity contribution in [2.24, 2.45) is 11.8 Å². The number of carbonyl (C=O) groups is 3. The number of ether oxygens (including phenoxy) is 5. The average Bonchev–Trinajstić information content (AvgIpc) is 2.95. The fraction of sp³-hybridized carbons (Fsp3) is 0.500. The molecule has 2 aromatic rings. The number of nitrogens with zero attached hydrogens (tertiary/aromatic N) is 1. The van der Waals surface area contributed by atoms with Crippen LogP contribution >= 0.6 is 0 Å². The van der Waals surface area contributed by atoms with Gasteiger partial charge in [-0.3, -0.25) is 9.59 Å². The van der Waals surface area contributed by atoms with Gasteiger partial charge in [0.15, 0.2) is 23.2 Å². The number of cyclic esters (lactones) is 1. The number of nitrogens with one attached hydrogen (secondary N) is 1. The molecule has 1 saturated heterocycles. The third-order valence-electron chi connectivity index (χ3n) is 6.46. The molecule has 0 spiro atoms. The Balaban J connectivity index is 1.77. The number of hydrogen-bond donors (Lipinski definition) is 1. The lowest BCUT2D eigenvalue weighted by Gasteiger charge is -2.30. The van der Waals surface area contributed by atoms with Crippen molar-refractivity contribution in [2.45, 2.75) is 52.2 Å². The van der Waals surface area contributed by atoms with Gasteiger partial charge in [0.1, 0.15) is 6.10 Å². The largest absolute Gasteiger partial charge is 0.493 e. The summed E-state index contributed by atoms with van der Waals surface area (Å²) in [5, 5.41) is 2.66. The van der Waals surface area contributed by atoms with E-state index in [2.05, 4.69) is 29.4 Å². The molecule has 10 nitrogen and oxygen atoms in total. The molecule has 1 N–H and O–H groups in total. The first kappa shape index (κ1) is 28.9. The van der Waals surface area contributed by atoms with Crippen molar-refractivity contribution in [3.8, 4) is 11.5 Å². The Morgan fingerprint density at radius 3 is 2.61 bits per heavy atom. The lowest BCUT2D eigenvalue weighted by atomic mass is 9.81. The van der Waals surface area contributed by atoms with Gasteiger partial charge in [-0.1, -0.05) is 43.7 Å². The van der Waals surface area contributed by atoms with E-state index in [0.717, 1.165) is 24.8 Å². The summed E-state index contributed by atoms with van der Waals surface area (Å²) in [7, 11) is 1.40. The van der Waals surface area contributed by atoms with Crippen LogP contribution in [0, 0.1) is 11.8 Å². The van der Waals surface area contributed by atoms with E-state index in [1.807, 2.05) is 25.1 Å². The van der Waals surface area contributed by atoms with Crippen LogP contribution in [-0.4, -0.2) is 62.1 Å². The molecule has 3 rings (SSSR count). The number of carbonyl (C=O) groups excluding carboxylic acids is 3. The molecule has 1 aliphatic rings. The lowest BCUT2D eigenvalue weighted by molar-refractivity contribution is -0.154. The zero-order valence-electron chi connectivity index (χ0n) is 22.3. The van der Waals surface area contributed by atoms with Crippen LogP contribution in [0.2, 0.25) is 0 Å². The van der Waals surface area contributed by atoms with Crippen molar-refractivity contribution in [2.75, 3.05) is 27.1 Å². The molecule has 1 aromatic heterocycles. The molecule has 1 amide bonds. The number of methoxy groups -OCH3 is 1. The lowest BCUT2D eigenvalue weighted by Crippen LogP contribution is -2.46. The van der Waals surface area contributed by atoms with Crippen molar-refractivity contribution in [3.05, 3.63) is 53.9 Å². The second-order valence-corrected chi connectivity index (χ2v) is 9.20. The molecular weight excluding hydrogens is 492 g/mol. The van der Waals surface area contributed by atoms with Crippen LogP contribution in [0.3, 0.4) is 0 Å². The second kappa shape index (κ2) is 14.3. The molecule has 2 heterocycles. The Morgan fingerprint density at radius 2 is 1.92 bits per heavy atom. The van der Waals surface area contributed by atoms with Gasteiger partial charge in [0.2, 0.25) is 6.79 Å². The van der Waals surface area contributed by atoms with Crippen LogP contribution in [-0.2, 0) is 30.2 Å². The number of benzene rings is 1. The first-order chi connectivity index (χ1) is 18.3. The van der Waals surface area contributed by atoms with Crippen LogP contribution in [0.5, 0.6) is 11.5 Å². The Morgan fingerprint density at radius 1 is 1.16 bits per heavy atom. The number of rotatable bonds is 10. The van der Waals surface area contributed by atoms with Crippen molar-refractivity contribution in [3.63, 3.8) is 0 Å². The van der Waals surface area contributed by atoms with E-state index in [9.17, 15) is 14.4 Å². The molecule has 0 aliphatic carbocycles. The average molecular weight is 529 g/mol. The molecule has 38 heavy (non-hydrogen) atoms. The third kappa shape index (κ3) is 7.92. The first-order valence-corrected chi connectivity index (χ1v) is 12.8. The molecule has 0 radical (unpaired) electrons. The van der Waals surface area contributed by atoms with Gasteiger partial charge in [0.05, 0.1) is 13.7 Å². The standard InChI is InChI=1S/C28H36N2O8/c1-5-9-21-15-35-16-23(28(33)38-18(2)22(21)14-20-10-7-6-8-11-20)30-27(32)25-26(37-17-36-19(3)31)24(34-4)12-13-29-25/h6-8,10-13,18,21-23H,5,9,14-17H2,1-4H3,(H,30,32)/t18-,21-,22-,23-/m0/s1. The highest BCUT2D eigenvalue weighted by atomic mass is 16.7. The zero-order valence-corrected chi connectivity index (χ0v) is 22.3. The van der Waals surface area contributed by atoms with Crippen LogP contribution in [0.15, 0.2) is 42.6 Å². The van der Waals surface area contributed by atoms with E-state index in [1.165, 1.54) is 26.3 Å². The Labute approximate surface area is 223 Å². The van der Waals surface area contributed by atoms with Gasteiger partial charge in [-0.05, 0) is 31.2 Å². The quantitative estimate of drug-likeness (QED) is 0.365. The minimum Gasteiger partial charge on any atom is -0.493 e. The summed E-state index contributed by atoms with van der Waals surface area (Å²) >= 11 is 0. The highest BCUT2D eigenvalue weighted by molar-refractivity contribution is 5.98. The van der Waals surface area contributed by atoms with Crippen molar-refractivity contribution in [1.29, 1.82) is 0 Å². The zero-order chi connectivity index (χ0) is 27.5. The van der Waals surface area contributed by atoms with Gasteiger partial charge < -0.3 is 29.0 Å².